The molecule has 1 rings (SSSR count). The number of ether oxygens (including phenoxy) is 2. The van der Waals surface area contributed by atoms with Crippen molar-refractivity contribution in [1.29, 1.82) is 0 Å². The number of esters is 1. The fraction of sp³-hybridized carbons (Fsp3) is 0.917. The van der Waals surface area contributed by atoms with Gasteiger partial charge in [0.25, 0.3) is 10.2 Å². The Balaban J connectivity index is 2.56. The third-order valence-electron chi connectivity index (χ3n) is 3.19. The Morgan fingerprint density at radius 3 is 2.40 bits per heavy atom. The third-order valence-corrected chi connectivity index (χ3v) is 5.11. The van der Waals surface area contributed by atoms with Crippen molar-refractivity contribution < 1.29 is 22.7 Å². The van der Waals surface area contributed by atoms with E-state index in [1.54, 1.807) is 0 Å². The summed E-state index contributed by atoms with van der Waals surface area (Å²) in [4.78, 5) is 11.0. The lowest BCUT2D eigenvalue weighted by molar-refractivity contribution is -0.140. The van der Waals surface area contributed by atoms with Crippen molar-refractivity contribution in [2.45, 2.75) is 38.9 Å². The molecular formula is C12H24N2O5S. The van der Waals surface area contributed by atoms with Crippen LogP contribution < -0.4 is 0 Å². The molecule has 7 nitrogen and oxygen atoms in total. The molecule has 0 amide bonds. The molecule has 20 heavy (non-hydrogen) atoms. The molecule has 0 aromatic carbocycles. The first kappa shape index (κ1) is 17.4. The number of rotatable bonds is 6. The molecule has 1 aliphatic rings. The average molecular weight is 308 g/mol. The van der Waals surface area contributed by atoms with Crippen LogP contribution in [0.15, 0.2) is 0 Å². The highest BCUT2D eigenvalue weighted by molar-refractivity contribution is 7.86. The molecular weight excluding hydrogens is 284 g/mol. The minimum Gasteiger partial charge on any atom is -0.469 e. The van der Waals surface area contributed by atoms with Crippen molar-refractivity contribution in [3.8, 4) is 0 Å². The van der Waals surface area contributed by atoms with Crippen LogP contribution in [0.5, 0.6) is 0 Å². The lowest BCUT2D eigenvalue weighted by Crippen LogP contribution is -2.52. The van der Waals surface area contributed by atoms with E-state index in [2.05, 4.69) is 4.74 Å². The Morgan fingerprint density at radius 1 is 1.35 bits per heavy atom. The summed E-state index contributed by atoms with van der Waals surface area (Å²) < 4.78 is 37.6. The van der Waals surface area contributed by atoms with Gasteiger partial charge in [-0.2, -0.15) is 17.0 Å². The summed E-state index contributed by atoms with van der Waals surface area (Å²) in [7, 11) is -0.654. The van der Waals surface area contributed by atoms with E-state index >= 15 is 0 Å². The highest BCUT2D eigenvalue weighted by Crippen LogP contribution is 2.16. The van der Waals surface area contributed by atoms with Gasteiger partial charge in [-0.3, -0.25) is 4.79 Å². The number of carbonyl (C=O) groups excluding carboxylic acids is 1. The highest BCUT2D eigenvalue weighted by atomic mass is 32.2. The molecule has 0 aliphatic carbocycles. The fourth-order valence-electron chi connectivity index (χ4n) is 2.18. The van der Waals surface area contributed by atoms with Crippen molar-refractivity contribution >= 4 is 16.2 Å². The second-order valence-electron chi connectivity index (χ2n) is 5.08. The topological polar surface area (TPSA) is 76.2 Å². The second kappa shape index (κ2) is 7.35. The molecule has 0 radical (unpaired) electrons. The zero-order valence-electron chi connectivity index (χ0n) is 12.5. The van der Waals surface area contributed by atoms with Gasteiger partial charge >= 0.3 is 5.97 Å². The molecule has 8 heteroatoms. The number of methoxy groups -OCH3 is 1. The summed E-state index contributed by atoms with van der Waals surface area (Å²) in [5.41, 5.74) is 0. The van der Waals surface area contributed by atoms with Crippen LogP contribution in [0.25, 0.3) is 0 Å². The van der Waals surface area contributed by atoms with E-state index < -0.39 is 10.2 Å². The molecule has 0 aromatic rings. The molecule has 0 N–H and O–H groups in total. The molecule has 1 aliphatic heterocycles. The highest BCUT2D eigenvalue weighted by Gasteiger charge is 2.33. The van der Waals surface area contributed by atoms with Crippen molar-refractivity contribution in [1.82, 2.24) is 8.61 Å². The SMILES string of the molecule is COC(=O)CCCN(C)S(=O)(=O)N1C[C@@H](C)O[C@@H](C)C1. The third kappa shape index (κ3) is 4.69. The number of carbonyl (C=O) groups is 1. The molecule has 2 atom stereocenters. The van der Waals surface area contributed by atoms with E-state index in [0.29, 0.717) is 19.5 Å². The second-order valence-corrected chi connectivity index (χ2v) is 7.12. The molecule has 0 saturated carbocycles. The Hall–Kier alpha value is -0.700. The molecule has 0 bridgehead atoms. The van der Waals surface area contributed by atoms with Gasteiger partial charge in [-0.05, 0) is 20.3 Å². The monoisotopic (exact) mass is 308 g/mol. The first-order valence-electron chi connectivity index (χ1n) is 6.71. The zero-order valence-corrected chi connectivity index (χ0v) is 13.4. The van der Waals surface area contributed by atoms with Gasteiger partial charge in [0.1, 0.15) is 0 Å². The predicted molar refractivity (Wildman–Crippen MR) is 74.4 cm³/mol. The minimum absolute atomic E-state index is 0.114. The standard InChI is InChI=1S/C12H24N2O5S/c1-10-8-14(9-11(2)19-10)20(16,17)13(3)7-5-6-12(15)18-4/h10-11H,5-9H2,1-4H3/t10-,11+. The number of nitrogens with zero attached hydrogens (tertiary/aromatic N) is 2. The van der Waals surface area contributed by atoms with Crippen LogP contribution in [0, 0.1) is 0 Å². The Kier molecular flexibility index (Phi) is 6.38. The van der Waals surface area contributed by atoms with E-state index in [-0.39, 0.29) is 31.1 Å². The van der Waals surface area contributed by atoms with Gasteiger partial charge in [0.05, 0.1) is 19.3 Å². The van der Waals surface area contributed by atoms with Gasteiger partial charge in [-0.15, -0.1) is 0 Å². The van der Waals surface area contributed by atoms with Crippen LogP contribution in [-0.2, 0) is 24.5 Å². The Labute approximate surface area is 121 Å². The zero-order chi connectivity index (χ0) is 15.3. The van der Waals surface area contributed by atoms with Crippen LogP contribution >= 0.6 is 0 Å². The molecule has 1 fully saturated rings. The maximum Gasteiger partial charge on any atom is 0.305 e. The van der Waals surface area contributed by atoms with E-state index in [1.165, 1.54) is 22.8 Å². The maximum absolute atomic E-state index is 12.4. The number of morpholine rings is 1. The summed E-state index contributed by atoms with van der Waals surface area (Å²) in [6, 6.07) is 0. The smallest absolute Gasteiger partial charge is 0.305 e. The Morgan fingerprint density at radius 2 is 1.90 bits per heavy atom. The van der Waals surface area contributed by atoms with Crippen LogP contribution in [0.4, 0.5) is 0 Å². The van der Waals surface area contributed by atoms with Gasteiger partial charge < -0.3 is 9.47 Å². The normalized spacial score (nSPS) is 24.9. The lowest BCUT2D eigenvalue weighted by Gasteiger charge is -2.36. The average Bonchev–Trinajstić information content (AvgIpc) is 2.37. The quantitative estimate of drug-likeness (QED) is 0.656. The lowest BCUT2D eigenvalue weighted by atomic mass is 10.3. The van der Waals surface area contributed by atoms with Crippen molar-refractivity contribution in [2.75, 3.05) is 33.8 Å². The van der Waals surface area contributed by atoms with E-state index in [1.807, 2.05) is 13.8 Å². The van der Waals surface area contributed by atoms with Gasteiger partial charge in [0.15, 0.2) is 0 Å². The molecule has 0 aromatic heterocycles. The number of hydrogen-bond acceptors (Lipinski definition) is 5. The Bertz CT molecular complexity index is 416. The van der Waals surface area contributed by atoms with Crippen molar-refractivity contribution in [3.63, 3.8) is 0 Å². The summed E-state index contributed by atoms with van der Waals surface area (Å²) in [5.74, 6) is -0.329. The van der Waals surface area contributed by atoms with Crippen molar-refractivity contribution in [3.05, 3.63) is 0 Å². The molecule has 118 valence electrons. The maximum atomic E-state index is 12.4. The van der Waals surface area contributed by atoms with Gasteiger partial charge in [-0.25, -0.2) is 0 Å². The number of hydrogen-bond donors (Lipinski definition) is 0. The first-order chi connectivity index (χ1) is 9.27. The fourth-order valence-corrected chi connectivity index (χ4v) is 3.73. The van der Waals surface area contributed by atoms with Crippen LogP contribution in [0.2, 0.25) is 0 Å². The van der Waals surface area contributed by atoms with Crippen molar-refractivity contribution in [2.24, 2.45) is 0 Å². The summed E-state index contributed by atoms with van der Waals surface area (Å²) >= 11 is 0. The first-order valence-corrected chi connectivity index (χ1v) is 8.10. The molecule has 1 heterocycles. The minimum atomic E-state index is -3.50. The van der Waals surface area contributed by atoms with Crippen LogP contribution in [-0.4, -0.2) is 69.0 Å². The summed E-state index contributed by atoms with van der Waals surface area (Å²) in [6.07, 6.45) is 0.429. The predicted octanol–water partition coefficient (Wildman–Crippen LogP) is 0.225. The van der Waals surface area contributed by atoms with E-state index in [0.717, 1.165) is 0 Å². The van der Waals surface area contributed by atoms with Crippen LogP contribution in [0.1, 0.15) is 26.7 Å². The molecule has 1 saturated heterocycles. The van der Waals surface area contributed by atoms with Gasteiger partial charge in [0, 0.05) is 33.1 Å². The molecule has 0 spiro atoms. The summed E-state index contributed by atoms with van der Waals surface area (Å²) in [5, 5.41) is 0. The van der Waals surface area contributed by atoms with E-state index in [9.17, 15) is 13.2 Å². The van der Waals surface area contributed by atoms with Gasteiger partial charge in [-0.1, -0.05) is 0 Å². The van der Waals surface area contributed by atoms with Gasteiger partial charge in [0.2, 0.25) is 0 Å². The molecule has 0 unspecified atom stereocenters. The van der Waals surface area contributed by atoms with E-state index in [4.69, 9.17) is 4.74 Å². The summed E-state index contributed by atoms with van der Waals surface area (Å²) in [6.45, 7) is 4.71. The largest absolute Gasteiger partial charge is 0.469 e. The van der Waals surface area contributed by atoms with Crippen LogP contribution in [0.3, 0.4) is 0 Å².